The first-order chi connectivity index (χ1) is 9.60. The molecule has 20 heavy (non-hydrogen) atoms. The van der Waals surface area contributed by atoms with Crippen LogP contribution in [0.1, 0.15) is 30.6 Å². The average Bonchev–Trinajstić information content (AvgIpc) is 2.48. The number of rotatable bonds is 5. The van der Waals surface area contributed by atoms with Crippen LogP contribution >= 0.6 is 11.6 Å². The third-order valence-corrected chi connectivity index (χ3v) is 3.42. The summed E-state index contributed by atoms with van der Waals surface area (Å²) in [5.41, 5.74) is 1.45. The minimum absolute atomic E-state index is 0.201. The smallest absolute Gasteiger partial charge is 0.123 e. The van der Waals surface area contributed by atoms with E-state index < -0.39 is 6.10 Å². The zero-order valence-electron chi connectivity index (χ0n) is 11.1. The topological polar surface area (TPSA) is 29.5 Å². The van der Waals surface area contributed by atoms with Crippen molar-refractivity contribution >= 4 is 11.6 Å². The van der Waals surface area contributed by atoms with Gasteiger partial charge in [0, 0.05) is 10.6 Å². The van der Waals surface area contributed by atoms with E-state index in [1.807, 2.05) is 19.1 Å². The molecule has 1 unspecified atom stereocenters. The van der Waals surface area contributed by atoms with Crippen molar-refractivity contribution < 1.29 is 14.2 Å². The Morgan fingerprint density at radius 1 is 1.20 bits per heavy atom. The average molecular weight is 295 g/mol. The predicted octanol–water partition coefficient (Wildman–Crippen LogP) is 4.50. The lowest BCUT2D eigenvalue weighted by molar-refractivity contribution is 0.173. The van der Waals surface area contributed by atoms with E-state index in [1.54, 1.807) is 12.1 Å². The van der Waals surface area contributed by atoms with Crippen LogP contribution in [0.3, 0.4) is 0 Å². The summed E-state index contributed by atoms with van der Waals surface area (Å²) in [4.78, 5) is 0. The third-order valence-electron chi connectivity index (χ3n) is 3.05. The van der Waals surface area contributed by atoms with Crippen molar-refractivity contribution in [2.45, 2.75) is 26.1 Å². The number of benzene rings is 2. The fraction of sp³-hybridized carbons (Fsp3) is 0.250. The number of hydrogen-bond acceptors (Lipinski definition) is 2. The van der Waals surface area contributed by atoms with Crippen LogP contribution in [0.5, 0.6) is 5.75 Å². The van der Waals surface area contributed by atoms with Gasteiger partial charge in [-0.25, -0.2) is 4.39 Å². The molecule has 0 spiro atoms. The molecule has 2 nitrogen and oxygen atoms in total. The van der Waals surface area contributed by atoms with Gasteiger partial charge in [0.15, 0.2) is 0 Å². The Balaban J connectivity index is 2.02. The monoisotopic (exact) mass is 294 g/mol. The zero-order chi connectivity index (χ0) is 14.5. The van der Waals surface area contributed by atoms with Gasteiger partial charge in [0.1, 0.15) is 18.2 Å². The molecule has 0 aliphatic rings. The first kappa shape index (κ1) is 14.8. The SMILES string of the molecule is CCC(O)c1ccc(OCc2cc(F)ccc2Cl)cc1. The van der Waals surface area contributed by atoms with Crippen LogP contribution in [-0.4, -0.2) is 5.11 Å². The molecule has 2 aromatic carbocycles. The summed E-state index contributed by atoms with van der Waals surface area (Å²) >= 11 is 5.97. The van der Waals surface area contributed by atoms with Crippen LogP contribution in [-0.2, 0) is 6.61 Å². The second-order valence-electron chi connectivity index (χ2n) is 4.52. The van der Waals surface area contributed by atoms with E-state index in [2.05, 4.69) is 0 Å². The van der Waals surface area contributed by atoms with Gasteiger partial charge in [-0.3, -0.25) is 0 Å². The molecule has 2 aromatic rings. The van der Waals surface area contributed by atoms with Crippen molar-refractivity contribution in [2.75, 3.05) is 0 Å². The molecule has 0 fully saturated rings. The molecule has 0 heterocycles. The summed E-state index contributed by atoms with van der Waals surface area (Å²) in [6.07, 6.45) is 0.209. The van der Waals surface area contributed by atoms with E-state index >= 15 is 0 Å². The molecule has 0 aliphatic carbocycles. The van der Waals surface area contributed by atoms with E-state index in [-0.39, 0.29) is 12.4 Å². The van der Waals surface area contributed by atoms with E-state index in [1.165, 1.54) is 18.2 Å². The Kier molecular flexibility index (Phi) is 4.99. The lowest BCUT2D eigenvalue weighted by atomic mass is 10.1. The van der Waals surface area contributed by atoms with Gasteiger partial charge in [-0.1, -0.05) is 30.7 Å². The van der Waals surface area contributed by atoms with Gasteiger partial charge >= 0.3 is 0 Å². The molecule has 0 aliphatic heterocycles. The van der Waals surface area contributed by atoms with Crippen LogP contribution in [0.15, 0.2) is 42.5 Å². The Morgan fingerprint density at radius 2 is 1.90 bits per heavy atom. The van der Waals surface area contributed by atoms with E-state index in [9.17, 15) is 9.50 Å². The molecule has 1 atom stereocenters. The number of aliphatic hydroxyl groups excluding tert-OH is 1. The van der Waals surface area contributed by atoms with Crippen molar-refractivity contribution in [1.82, 2.24) is 0 Å². The fourth-order valence-electron chi connectivity index (χ4n) is 1.84. The first-order valence-corrected chi connectivity index (χ1v) is 6.82. The van der Waals surface area contributed by atoms with Gasteiger partial charge in [0.05, 0.1) is 6.10 Å². The second kappa shape index (κ2) is 6.73. The molecule has 4 heteroatoms. The Labute approximate surface area is 122 Å². The molecule has 0 bridgehead atoms. The quantitative estimate of drug-likeness (QED) is 0.879. The lowest BCUT2D eigenvalue weighted by Gasteiger charge is -2.11. The summed E-state index contributed by atoms with van der Waals surface area (Å²) < 4.78 is 18.7. The highest BCUT2D eigenvalue weighted by Gasteiger charge is 2.06. The number of hydrogen-bond donors (Lipinski definition) is 1. The van der Waals surface area contributed by atoms with Crippen LogP contribution in [0.25, 0.3) is 0 Å². The summed E-state index contributed by atoms with van der Waals surface area (Å²) in [7, 11) is 0. The second-order valence-corrected chi connectivity index (χ2v) is 4.92. The number of ether oxygens (including phenoxy) is 1. The maximum Gasteiger partial charge on any atom is 0.123 e. The molecule has 0 amide bonds. The summed E-state index contributed by atoms with van der Waals surface area (Å²) in [5, 5.41) is 10.2. The zero-order valence-corrected chi connectivity index (χ0v) is 11.9. The number of halogens is 2. The molecular weight excluding hydrogens is 279 g/mol. The van der Waals surface area contributed by atoms with E-state index in [4.69, 9.17) is 16.3 Å². The van der Waals surface area contributed by atoms with Crippen molar-refractivity contribution in [3.8, 4) is 5.75 Å². The van der Waals surface area contributed by atoms with Crippen molar-refractivity contribution in [3.05, 3.63) is 64.4 Å². The summed E-state index contributed by atoms with van der Waals surface area (Å²) in [6.45, 7) is 2.12. The number of aliphatic hydroxyl groups is 1. The van der Waals surface area contributed by atoms with Crippen molar-refractivity contribution in [3.63, 3.8) is 0 Å². The van der Waals surface area contributed by atoms with E-state index in [0.29, 0.717) is 22.8 Å². The highest BCUT2D eigenvalue weighted by molar-refractivity contribution is 6.31. The first-order valence-electron chi connectivity index (χ1n) is 6.45. The van der Waals surface area contributed by atoms with Crippen molar-refractivity contribution in [1.29, 1.82) is 0 Å². The molecular formula is C16H16ClFO2. The molecule has 0 saturated carbocycles. The fourth-order valence-corrected chi connectivity index (χ4v) is 2.01. The largest absolute Gasteiger partial charge is 0.489 e. The van der Waals surface area contributed by atoms with Gasteiger partial charge in [-0.2, -0.15) is 0 Å². The molecule has 2 rings (SSSR count). The van der Waals surface area contributed by atoms with Gasteiger partial charge in [0.25, 0.3) is 0 Å². The van der Waals surface area contributed by atoms with E-state index in [0.717, 1.165) is 5.56 Å². The molecule has 0 aromatic heterocycles. The van der Waals surface area contributed by atoms with Crippen molar-refractivity contribution in [2.24, 2.45) is 0 Å². The summed E-state index contributed by atoms with van der Waals surface area (Å²) in [5.74, 6) is 0.312. The van der Waals surface area contributed by atoms with Crippen LogP contribution < -0.4 is 4.74 Å². The summed E-state index contributed by atoms with van der Waals surface area (Å²) in [6, 6.07) is 11.4. The minimum atomic E-state index is -0.457. The lowest BCUT2D eigenvalue weighted by Crippen LogP contribution is -1.98. The maximum absolute atomic E-state index is 13.1. The highest BCUT2D eigenvalue weighted by atomic mass is 35.5. The molecule has 0 saturated heterocycles. The molecule has 106 valence electrons. The highest BCUT2D eigenvalue weighted by Crippen LogP contribution is 2.22. The Morgan fingerprint density at radius 3 is 2.55 bits per heavy atom. The maximum atomic E-state index is 13.1. The van der Waals surface area contributed by atoms with Crippen LogP contribution in [0.2, 0.25) is 5.02 Å². The van der Waals surface area contributed by atoms with Gasteiger partial charge in [-0.15, -0.1) is 0 Å². The van der Waals surface area contributed by atoms with Gasteiger partial charge in [-0.05, 0) is 42.3 Å². The van der Waals surface area contributed by atoms with Gasteiger partial charge in [0.2, 0.25) is 0 Å². The minimum Gasteiger partial charge on any atom is -0.489 e. The third kappa shape index (κ3) is 3.71. The Bertz CT molecular complexity index is 569. The van der Waals surface area contributed by atoms with Crippen LogP contribution in [0, 0.1) is 5.82 Å². The standard InChI is InChI=1S/C16H16ClFO2/c1-2-16(19)11-3-6-14(7-4-11)20-10-12-9-13(18)5-8-15(12)17/h3-9,16,19H,2,10H2,1H3. The Hall–Kier alpha value is -1.58. The van der Waals surface area contributed by atoms with Gasteiger partial charge < -0.3 is 9.84 Å². The van der Waals surface area contributed by atoms with Crippen LogP contribution in [0.4, 0.5) is 4.39 Å². The normalized spacial score (nSPS) is 12.2. The predicted molar refractivity (Wildman–Crippen MR) is 77.4 cm³/mol. The molecule has 1 N–H and O–H groups in total. The molecule has 0 radical (unpaired) electrons.